The molecule has 1 fully saturated rings. The van der Waals surface area contributed by atoms with Crippen LogP contribution in [0.4, 0.5) is 8.78 Å². The van der Waals surface area contributed by atoms with Crippen molar-refractivity contribution in [3.63, 3.8) is 0 Å². The third-order valence-corrected chi connectivity index (χ3v) is 3.35. The van der Waals surface area contributed by atoms with E-state index in [4.69, 9.17) is 5.26 Å². The lowest BCUT2D eigenvalue weighted by molar-refractivity contribution is -0.0332. The summed E-state index contributed by atoms with van der Waals surface area (Å²) in [5, 5.41) is 21.6. The van der Waals surface area contributed by atoms with Crippen LogP contribution in [0.25, 0.3) is 0 Å². The van der Waals surface area contributed by atoms with Gasteiger partial charge in [0.25, 0.3) is 0 Å². The van der Waals surface area contributed by atoms with Crippen molar-refractivity contribution in [2.75, 3.05) is 13.1 Å². The molecule has 96 valence electrons. The van der Waals surface area contributed by atoms with Crippen molar-refractivity contribution in [2.45, 2.75) is 24.6 Å². The molecule has 1 saturated heterocycles. The standard InChI is InChI=1S/C13H14F2N2O/c14-11-7-9(8-16)1-2-10(11)12(18)13(15)3-5-17-6-4-13/h1-2,7,12,17-18H,3-6H2. The van der Waals surface area contributed by atoms with Gasteiger partial charge < -0.3 is 10.4 Å². The van der Waals surface area contributed by atoms with Crippen LogP contribution < -0.4 is 5.32 Å². The number of piperidine rings is 1. The van der Waals surface area contributed by atoms with E-state index in [9.17, 15) is 13.9 Å². The van der Waals surface area contributed by atoms with Gasteiger partial charge in [-0.25, -0.2) is 8.78 Å². The Hall–Kier alpha value is -1.51. The molecule has 1 aliphatic rings. The van der Waals surface area contributed by atoms with Crippen molar-refractivity contribution in [1.29, 1.82) is 5.26 Å². The van der Waals surface area contributed by atoms with Crippen molar-refractivity contribution in [3.8, 4) is 6.07 Å². The molecule has 1 atom stereocenters. The molecule has 0 aromatic heterocycles. The van der Waals surface area contributed by atoms with Gasteiger partial charge >= 0.3 is 0 Å². The van der Waals surface area contributed by atoms with E-state index in [0.717, 1.165) is 6.07 Å². The first-order chi connectivity index (χ1) is 8.57. The molecule has 2 rings (SSSR count). The number of nitriles is 1. The second-order valence-electron chi connectivity index (χ2n) is 4.54. The zero-order chi connectivity index (χ0) is 13.2. The maximum atomic E-state index is 14.5. The van der Waals surface area contributed by atoms with Crippen LogP contribution in [0.3, 0.4) is 0 Å². The van der Waals surface area contributed by atoms with Crippen molar-refractivity contribution in [1.82, 2.24) is 5.32 Å². The van der Waals surface area contributed by atoms with Crippen LogP contribution in [0, 0.1) is 17.1 Å². The minimum absolute atomic E-state index is 0.0848. The molecule has 2 N–H and O–H groups in total. The Kier molecular flexibility index (Phi) is 3.60. The molecule has 18 heavy (non-hydrogen) atoms. The molecule has 1 unspecified atom stereocenters. The average molecular weight is 252 g/mol. The first-order valence-electron chi connectivity index (χ1n) is 5.84. The van der Waals surface area contributed by atoms with Crippen molar-refractivity contribution >= 4 is 0 Å². The summed E-state index contributed by atoms with van der Waals surface area (Å²) in [4.78, 5) is 0. The summed E-state index contributed by atoms with van der Waals surface area (Å²) in [6.07, 6.45) is -1.20. The van der Waals surface area contributed by atoms with Crippen LogP contribution in [-0.4, -0.2) is 23.9 Å². The molecule has 1 aliphatic heterocycles. The Morgan fingerprint density at radius 3 is 2.61 bits per heavy atom. The van der Waals surface area contributed by atoms with Crippen molar-refractivity contribution in [3.05, 3.63) is 35.1 Å². The molecule has 1 heterocycles. The normalized spacial score (nSPS) is 20.1. The van der Waals surface area contributed by atoms with E-state index >= 15 is 0 Å². The molecule has 0 spiro atoms. The summed E-state index contributed by atoms with van der Waals surface area (Å²) in [6, 6.07) is 5.48. The molecule has 5 heteroatoms. The van der Waals surface area contributed by atoms with Crippen molar-refractivity contribution in [2.24, 2.45) is 0 Å². The van der Waals surface area contributed by atoms with Gasteiger partial charge in [0.15, 0.2) is 0 Å². The molecule has 0 radical (unpaired) electrons. The molecule has 0 aliphatic carbocycles. The SMILES string of the molecule is N#Cc1ccc(C(O)C2(F)CCNCC2)c(F)c1. The molecule has 0 amide bonds. The first kappa shape index (κ1) is 12.9. The third kappa shape index (κ3) is 2.35. The van der Waals surface area contributed by atoms with Crippen LogP contribution in [-0.2, 0) is 0 Å². The summed E-state index contributed by atoms with van der Waals surface area (Å²) < 4.78 is 28.2. The Bertz CT molecular complexity index is 478. The highest BCUT2D eigenvalue weighted by atomic mass is 19.1. The highest BCUT2D eigenvalue weighted by Crippen LogP contribution is 2.37. The summed E-state index contributed by atoms with van der Waals surface area (Å²) >= 11 is 0. The van der Waals surface area contributed by atoms with Gasteiger partial charge in [-0.3, -0.25) is 0 Å². The van der Waals surface area contributed by atoms with E-state index in [0.29, 0.717) is 13.1 Å². The van der Waals surface area contributed by atoms with Gasteiger partial charge in [-0.15, -0.1) is 0 Å². The second-order valence-corrected chi connectivity index (χ2v) is 4.54. The van der Waals surface area contributed by atoms with Crippen LogP contribution in [0.1, 0.15) is 30.1 Å². The van der Waals surface area contributed by atoms with Gasteiger partial charge in [0.1, 0.15) is 17.6 Å². The number of halogens is 2. The number of rotatable bonds is 2. The predicted octanol–water partition coefficient (Wildman–Crippen LogP) is 1.82. The number of alkyl halides is 1. The van der Waals surface area contributed by atoms with E-state index in [-0.39, 0.29) is 24.0 Å². The number of nitrogens with one attached hydrogen (secondary N) is 1. The fourth-order valence-corrected chi connectivity index (χ4v) is 2.21. The number of hydrogen-bond donors (Lipinski definition) is 2. The maximum Gasteiger partial charge on any atom is 0.143 e. The van der Waals surface area contributed by atoms with Gasteiger partial charge in [0.05, 0.1) is 11.6 Å². The van der Waals surface area contributed by atoms with E-state index in [1.165, 1.54) is 12.1 Å². The predicted molar refractivity (Wildman–Crippen MR) is 62.0 cm³/mol. The molecular formula is C13H14F2N2O. The summed E-state index contributed by atoms with van der Waals surface area (Å²) in [6.45, 7) is 0.927. The van der Waals surface area contributed by atoms with Gasteiger partial charge in [-0.1, -0.05) is 6.07 Å². The molecule has 0 bridgehead atoms. The highest BCUT2D eigenvalue weighted by Gasteiger charge is 2.41. The minimum atomic E-state index is -1.81. The molecular weight excluding hydrogens is 238 g/mol. The molecule has 0 saturated carbocycles. The van der Waals surface area contributed by atoms with Crippen LogP contribution in [0.5, 0.6) is 0 Å². The molecule has 1 aromatic carbocycles. The van der Waals surface area contributed by atoms with E-state index in [1.54, 1.807) is 6.07 Å². The lowest BCUT2D eigenvalue weighted by Gasteiger charge is -2.34. The Balaban J connectivity index is 2.28. The first-order valence-corrected chi connectivity index (χ1v) is 5.84. The summed E-state index contributed by atoms with van der Waals surface area (Å²) in [5.41, 5.74) is -1.74. The van der Waals surface area contributed by atoms with Gasteiger partial charge in [-0.05, 0) is 38.1 Å². The zero-order valence-electron chi connectivity index (χ0n) is 9.79. The quantitative estimate of drug-likeness (QED) is 0.844. The lowest BCUT2D eigenvalue weighted by Crippen LogP contribution is -2.43. The fourth-order valence-electron chi connectivity index (χ4n) is 2.21. The number of aliphatic hydroxyl groups is 1. The van der Waals surface area contributed by atoms with Gasteiger partial charge in [0, 0.05) is 5.56 Å². The van der Waals surface area contributed by atoms with Gasteiger partial charge in [0.2, 0.25) is 0 Å². The van der Waals surface area contributed by atoms with E-state index in [1.807, 2.05) is 0 Å². The van der Waals surface area contributed by atoms with E-state index < -0.39 is 17.6 Å². The Labute approximate surface area is 104 Å². The lowest BCUT2D eigenvalue weighted by atomic mass is 9.84. The number of hydrogen-bond acceptors (Lipinski definition) is 3. The smallest absolute Gasteiger partial charge is 0.143 e. The number of benzene rings is 1. The van der Waals surface area contributed by atoms with Crippen LogP contribution in [0.2, 0.25) is 0 Å². The largest absolute Gasteiger partial charge is 0.385 e. The zero-order valence-corrected chi connectivity index (χ0v) is 9.79. The molecule has 1 aromatic rings. The van der Waals surface area contributed by atoms with Crippen LogP contribution in [0.15, 0.2) is 18.2 Å². The Morgan fingerprint density at radius 2 is 2.06 bits per heavy atom. The number of nitrogens with zero attached hydrogens (tertiary/aromatic N) is 1. The molecule has 3 nitrogen and oxygen atoms in total. The van der Waals surface area contributed by atoms with Crippen LogP contribution >= 0.6 is 0 Å². The Morgan fingerprint density at radius 1 is 1.39 bits per heavy atom. The third-order valence-electron chi connectivity index (χ3n) is 3.35. The minimum Gasteiger partial charge on any atom is -0.385 e. The van der Waals surface area contributed by atoms with E-state index in [2.05, 4.69) is 5.32 Å². The van der Waals surface area contributed by atoms with Gasteiger partial charge in [-0.2, -0.15) is 5.26 Å². The monoisotopic (exact) mass is 252 g/mol. The van der Waals surface area contributed by atoms with Crippen molar-refractivity contribution < 1.29 is 13.9 Å². The number of aliphatic hydroxyl groups excluding tert-OH is 1. The summed E-state index contributed by atoms with van der Waals surface area (Å²) in [7, 11) is 0. The summed E-state index contributed by atoms with van der Waals surface area (Å²) in [5.74, 6) is -0.739. The maximum absolute atomic E-state index is 14.5. The topological polar surface area (TPSA) is 56.0 Å². The highest BCUT2D eigenvalue weighted by molar-refractivity contribution is 5.34. The fraction of sp³-hybridized carbons (Fsp3) is 0.462. The second kappa shape index (κ2) is 5.01. The average Bonchev–Trinajstić information content (AvgIpc) is 2.38.